The molecule has 0 aliphatic heterocycles. The lowest BCUT2D eigenvalue weighted by atomic mass is 10.3. The average molecular weight is 289 g/mol. The summed E-state index contributed by atoms with van der Waals surface area (Å²) in [5.41, 5.74) is 7.40. The number of aromatic nitrogens is 1. The molecular weight excluding hydrogens is 270 g/mol. The van der Waals surface area contributed by atoms with Crippen LogP contribution in [0.4, 0.5) is 17.2 Å². The van der Waals surface area contributed by atoms with Crippen molar-refractivity contribution in [2.24, 2.45) is 0 Å². The zero-order chi connectivity index (χ0) is 14.4. The zero-order valence-corrected chi connectivity index (χ0v) is 12.5. The Morgan fingerprint density at radius 1 is 1.30 bits per heavy atom. The highest BCUT2D eigenvalue weighted by Gasteiger charge is 2.05. The van der Waals surface area contributed by atoms with Gasteiger partial charge < -0.3 is 15.8 Å². The molecule has 106 valence electrons. The van der Waals surface area contributed by atoms with Crippen LogP contribution >= 0.6 is 11.8 Å². The van der Waals surface area contributed by atoms with Gasteiger partial charge in [0.1, 0.15) is 5.82 Å². The Bertz CT molecular complexity index is 575. The van der Waals surface area contributed by atoms with E-state index in [1.165, 1.54) is 4.90 Å². The molecule has 4 nitrogen and oxygen atoms in total. The Morgan fingerprint density at radius 2 is 2.15 bits per heavy atom. The summed E-state index contributed by atoms with van der Waals surface area (Å²) in [6.07, 6.45) is 2.98. The highest BCUT2D eigenvalue weighted by Crippen LogP contribution is 2.25. The topological polar surface area (TPSA) is 60.2 Å². The number of pyridine rings is 1. The summed E-state index contributed by atoms with van der Waals surface area (Å²) in [5.74, 6) is 1.21. The van der Waals surface area contributed by atoms with Gasteiger partial charge in [0.2, 0.25) is 5.88 Å². The molecular formula is C15H19N3OS. The van der Waals surface area contributed by atoms with Gasteiger partial charge >= 0.3 is 0 Å². The summed E-state index contributed by atoms with van der Waals surface area (Å²) in [6.45, 7) is 2.66. The maximum Gasteiger partial charge on any atom is 0.239 e. The Balaban J connectivity index is 2.16. The summed E-state index contributed by atoms with van der Waals surface area (Å²) < 4.78 is 5.53. The van der Waals surface area contributed by atoms with Crippen molar-refractivity contribution in [3.63, 3.8) is 0 Å². The summed E-state index contributed by atoms with van der Waals surface area (Å²) >= 11 is 1.71. The van der Waals surface area contributed by atoms with Gasteiger partial charge in [0.15, 0.2) is 0 Å². The molecule has 0 bridgehead atoms. The van der Waals surface area contributed by atoms with Gasteiger partial charge in [-0.25, -0.2) is 0 Å². The number of nitrogens with zero attached hydrogens (tertiary/aromatic N) is 1. The van der Waals surface area contributed by atoms with E-state index in [1.807, 2.05) is 25.1 Å². The van der Waals surface area contributed by atoms with Crippen LogP contribution in [0.25, 0.3) is 0 Å². The van der Waals surface area contributed by atoms with Crippen LogP contribution in [0.15, 0.2) is 41.3 Å². The van der Waals surface area contributed by atoms with Crippen molar-refractivity contribution in [2.45, 2.75) is 18.2 Å². The first-order chi connectivity index (χ1) is 9.72. The van der Waals surface area contributed by atoms with Gasteiger partial charge in [-0.2, -0.15) is 4.98 Å². The van der Waals surface area contributed by atoms with E-state index in [0.717, 1.165) is 17.9 Å². The third-order valence-corrected chi connectivity index (χ3v) is 3.40. The highest BCUT2D eigenvalue weighted by atomic mass is 32.2. The average Bonchev–Trinajstić information content (AvgIpc) is 2.48. The van der Waals surface area contributed by atoms with Crippen molar-refractivity contribution in [1.82, 2.24) is 4.98 Å². The van der Waals surface area contributed by atoms with E-state index in [2.05, 4.69) is 28.7 Å². The second-order valence-corrected chi connectivity index (χ2v) is 5.18. The molecule has 0 spiro atoms. The summed E-state index contributed by atoms with van der Waals surface area (Å²) in [5, 5.41) is 3.26. The minimum Gasteiger partial charge on any atom is -0.476 e. The number of nitrogens with one attached hydrogen (secondary N) is 1. The normalized spacial score (nSPS) is 10.3. The Kier molecular flexibility index (Phi) is 5.12. The number of nitrogens with two attached hydrogens (primary N) is 1. The lowest BCUT2D eigenvalue weighted by Gasteiger charge is -2.11. The number of thioether (sulfide) groups is 1. The molecule has 0 unspecified atom stereocenters. The Labute approximate surface area is 123 Å². The van der Waals surface area contributed by atoms with Gasteiger partial charge in [0.25, 0.3) is 0 Å². The fourth-order valence-electron chi connectivity index (χ4n) is 1.68. The number of nitrogen functional groups attached to an aromatic ring is 1. The number of anilines is 3. The third-order valence-electron chi connectivity index (χ3n) is 2.67. The van der Waals surface area contributed by atoms with Gasteiger partial charge in [-0.1, -0.05) is 13.0 Å². The van der Waals surface area contributed by atoms with Crippen LogP contribution in [0.1, 0.15) is 13.3 Å². The number of hydrogen-bond acceptors (Lipinski definition) is 5. The van der Waals surface area contributed by atoms with Crippen molar-refractivity contribution in [1.29, 1.82) is 0 Å². The van der Waals surface area contributed by atoms with E-state index in [-0.39, 0.29) is 0 Å². The molecule has 5 heteroatoms. The smallest absolute Gasteiger partial charge is 0.239 e. The Hall–Kier alpha value is -1.88. The quantitative estimate of drug-likeness (QED) is 0.789. The van der Waals surface area contributed by atoms with Crippen molar-refractivity contribution in [2.75, 3.05) is 23.9 Å². The molecule has 0 aliphatic rings. The van der Waals surface area contributed by atoms with Crippen molar-refractivity contribution in [3.8, 4) is 5.88 Å². The Morgan fingerprint density at radius 3 is 2.90 bits per heavy atom. The van der Waals surface area contributed by atoms with Gasteiger partial charge in [-0.05, 0) is 43.0 Å². The first-order valence-electron chi connectivity index (χ1n) is 6.53. The summed E-state index contributed by atoms with van der Waals surface area (Å²) in [7, 11) is 0. The lowest BCUT2D eigenvalue weighted by Crippen LogP contribution is -2.03. The monoisotopic (exact) mass is 289 g/mol. The lowest BCUT2D eigenvalue weighted by molar-refractivity contribution is 0.307. The van der Waals surface area contributed by atoms with E-state index >= 15 is 0 Å². The molecule has 0 saturated heterocycles. The van der Waals surface area contributed by atoms with E-state index < -0.39 is 0 Å². The van der Waals surface area contributed by atoms with E-state index in [1.54, 1.807) is 17.8 Å². The molecule has 20 heavy (non-hydrogen) atoms. The maximum absolute atomic E-state index is 5.85. The summed E-state index contributed by atoms with van der Waals surface area (Å²) in [4.78, 5) is 5.60. The molecule has 0 amide bonds. The maximum atomic E-state index is 5.85. The van der Waals surface area contributed by atoms with E-state index in [0.29, 0.717) is 18.2 Å². The van der Waals surface area contributed by atoms with Crippen LogP contribution in [0, 0.1) is 0 Å². The molecule has 2 aromatic rings. The fraction of sp³-hybridized carbons (Fsp3) is 0.267. The minimum absolute atomic E-state index is 0.484. The predicted octanol–water partition coefficient (Wildman–Crippen LogP) is 3.92. The van der Waals surface area contributed by atoms with Crippen LogP contribution in [0.5, 0.6) is 5.88 Å². The highest BCUT2D eigenvalue weighted by molar-refractivity contribution is 7.98. The van der Waals surface area contributed by atoms with Gasteiger partial charge in [-0.3, -0.25) is 0 Å². The molecule has 0 fully saturated rings. The number of hydrogen-bond donors (Lipinski definition) is 2. The van der Waals surface area contributed by atoms with Crippen LogP contribution in [-0.4, -0.2) is 17.8 Å². The van der Waals surface area contributed by atoms with Crippen LogP contribution < -0.4 is 15.8 Å². The van der Waals surface area contributed by atoms with Crippen molar-refractivity contribution < 1.29 is 4.74 Å². The van der Waals surface area contributed by atoms with Crippen LogP contribution in [-0.2, 0) is 0 Å². The molecule has 0 atom stereocenters. The molecule has 1 aromatic carbocycles. The fourth-order valence-corrected chi connectivity index (χ4v) is 2.14. The first kappa shape index (κ1) is 14.5. The molecule has 2 rings (SSSR count). The molecule has 3 N–H and O–H groups in total. The third kappa shape index (κ3) is 3.81. The second-order valence-electron chi connectivity index (χ2n) is 4.30. The van der Waals surface area contributed by atoms with Gasteiger partial charge in [0.05, 0.1) is 12.3 Å². The van der Waals surface area contributed by atoms with Gasteiger partial charge in [0, 0.05) is 10.6 Å². The molecule has 1 aromatic heterocycles. The second kappa shape index (κ2) is 7.05. The minimum atomic E-state index is 0.484. The predicted molar refractivity (Wildman–Crippen MR) is 85.9 cm³/mol. The van der Waals surface area contributed by atoms with Gasteiger partial charge in [-0.15, -0.1) is 11.8 Å². The first-order valence-corrected chi connectivity index (χ1v) is 7.75. The van der Waals surface area contributed by atoms with E-state index in [4.69, 9.17) is 10.5 Å². The SMILES string of the molecule is CCCOc1nc(Nc2cccc(SC)c2)ccc1N. The number of ether oxygens (including phenoxy) is 1. The largest absolute Gasteiger partial charge is 0.476 e. The van der Waals surface area contributed by atoms with Crippen molar-refractivity contribution in [3.05, 3.63) is 36.4 Å². The number of benzene rings is 1. The molecule has 0 aliphatic carbocycles. The van der Waals surface area contributed by atoms with Crippen LogP contribution in [0.2, 0.25) is 0 Å². The van der Waals surface area contributed by atoms with E-state index in [9.17, 15) is 0 Å². The summed E-state index contributed by atoms with van der Waals surface area (Å²) in [6, 6.07) is 11.8. The molecule has 1 heterocycles. The molecule has 0 radical (unpaired) electrons. The van der Waals surface area contributed by atoms with Crippen molar-refractivity contribution >= 4 is 29.0 Å². The number of rotatable bonds is 6. The molecule has 0 saturated carbocycles. The zero-order valence-electron chi connectivity index (χ0n) is 11.7. The van der Waals surface area contributed by atoms with Crippen LogP contribution in [0.3, 0.4) is 0 Å². The standard InChI is InChI=1S/C15H19N3OS/c1-3-9-19-15-13(16)7-8-14(18-15)17-11-5-4-6-12(10-11)20-2/h4-8,10H,3,9,16H2,1-2H3,(H,17,18).